The number of hydrogen-bond donors (Lipinski definition) is 2. The zero-order valence-electron chi connectivity index (χ0n) is 11.4. The summed E-state index contributed by atoms with van der Waals surface area (Å²) in [6.07, 6.45) is 0. The summed E-state index contributed by atoms with van der Waals surface area (Å²) in [6.45, 7) is 7.63. The van der Waals surface area contributed by atoms with Gasteiger partial charge in [0.2, 0.25) is 5.88 Å². The van der Waals surface area contributed by atoms with Crippen LogP contribution in [0, 0.1) is 12.3 Å². The number of hydrogen-bond acceptors (Lipinski definition) is 4. The highest BCUT2D eigenvalue weighted by Crippen LogP contribution is 2.21. The van der Waals surface area contributed by atoms with E-state index >= 15 is 0 Å². The van der Waals surface area contributed by atoms with E-state index in [-0.39, 0.29) is 12.0 Å². The van der Waals surface area contributed by atoms with Crippen LogP contribution >= 0.6 is 0 Å². The molecule has 0 aromatic carbocycles. The van der Waals surface area contributed by atoms with Crippen LogP contribution in [0.5, 0.6) is 5.88 Å². The van der Waals surface area contributed by atoms with Gasteiger partial charge in [0.25, 0.3) is 0 Å². The monoisotopic (exact) mass is 241 g/mol. The molecule has 0 amide bonds. The van der Waals surface area contributed by atoms with Crippen molar-refractivity contribution in [1.29, 1.82) is 0 Å². The van der Waals surface area contributed by atoms with E-state index in [2.05, 4.69) is 10.4 Å². The number of nitrogens with zero attached hydrogens (tertiary/aromatic N) is 2. The minimum Gasteiger partial charge on any atom is -0.481 e. The number of ether oxygens (including phenoxy) is 1. The first kappa shape index (κ1) is 14.0. The van der Waals surface area contributed by atoms with Gasteiger partial charge in [0.15, 0.2) is 0 Å². The highest BCUT2D eigenvalue weighted by Gasteiger charge is 2.18. The summed E-state index contributed by atoms with van der Waals surface area (Å²) in [5.41, 5.74) is 1.94. The SMILES string of the molecule is COc1c(CNCC(C)(C)CO)c(C)nn1C. The fourth-order valence-electron chi connectivity index (χ4n) is 1.72. The lowest BCUT2D eigenvalue weighted by atomic mass is 9.95. The Hall–Kier alpha value is -1.07. The molecule has 0 fully saturated rings. The normalized spacial score (nSPS) is 11.9. The number of aryl methyl sites for hydroxylation is 2. The molecule has 0 aliphatic heterocycles. The maximum absolute atomic E-state index is 9.17. The molecule has 0 spiro atoms. The maximum Gasteiger partial charge on any atom is 0.216 e. The van der Waals surface area contributed by atoms with E-state index in [0.717, 1.165) is 23.7 Å². The molecule has 1 aromatic heterocycles. The second-order valence-corrected chi connectivity index (χ2v) is 5.12. The predicted octanol–water partition coefficient (Wildman–Crippen LogP) is 0.845. The third kappa shape index (κ3) is 3.44. The zero-order chi connectivity index (χ0) is 13.1. The quantitative estimate of drug-likeness (QED) is 0.775. The Morgan fingerprint density at radius 2 is 2.12 bits per heavy atom. The van der Waals surface area contributed by atoms with Gasteiger partial charge in [-0.05, 0) is 6.92 Å². The van der Waals surface area contributed by atoms with Gasteiger partial charge in [0, 0.05) is 32.2 Å². The molecule has 0 unspecified atom stereocenters. The van der Waals surface area contributed by atoms with Crippen LogP contribution in [0.25, 0.3) is 0 Å². The van der Waals surface area contributed by atoms with Crippen LogP contribution in [0.3, 0.4) is 0 Å². The molecule has 0 radical (unpaired) electrons. The summed E-state index contributed by atoms with van der Waals surface area (Å²) in [4.78, 5) is 0. The summed E-state index contributed by atoms with van der Waals surface area (Å²) < 4.78 is 7.06. The molecule has 5 heteroatoms. The van der Waals surface area contributed by atoms with Gasteiger partial charge in [-0.25, -0.2) is 4.68 Å². The van der Waals surface area contributed by atoms with Crippen LogP contribution in [0.4, 0.5) is 0 Å². The van der Waals surface area contributed by atoms with Gasteiger partial charge in [-0.2, -0.15) is 5.10 Å². The van der Waals surface area contributed by atoms with E-state index < -0.39 is 0 Å². The van der Waals surface area contributed by atoms with Gasteiger partial charge in [-0.15, -0.1) is 0 Å². The second-order valence-electron chi connectivity index (χ2n) is 5.12. The number of aliphatic hydroxyl groups is 1. The van der Waals surface area contributed by atoms with Gasteiger partial charge < -0.3 is 15.2 Å². The van der Waals surface area contributed by atoms with E-state index in [1.165, 1.54) is 0 Å². The van der Waals surface area contributed by atoms with Crippen molar-refractivity contribution < 1.29 is 9.84 Å². The molecule has 2 N–H and O–H groups in total. The van der Waals surface area contributed by atoms with E-state index in [1.807, 2.05) is 27.8 Å². The number of aliphatic hydroxyl groups excluding tert-OH is 1. The summed E-state index contributed by atoms with van der Waals surface area (Å²) >= 11 is 0. The first-order valence-corrected chi connectivity index (χ1v) is 5.79. The smallest absolute Gasteiger partial charge is 0.216 e. The topological polar surface area (TPSA) is 59.3 Å². The van der Waals surface area contributed by atoms with E-state index in [1.54, 1.807) is 11.8 Å². The Balaban J connectivity index is 2.63. The predicted molar refractivity (Wildman–Crippen MR) is 67.1 cm³/mol. The number of aromatic nitrogens is 2. The van der Waals surface area contributed by atoms with Crippen molar-refractivity contribution in [2.75, 3.05) is 20.3 Å². The fourth-order valence-corrected chi connectivity index (χ4v) is 1.72. The van der Waals surface area contributed by atoms with Crippen LogP contribution in [0.1, 0.15) is 25.1 Å². The Bertz CT molecular complexity index is 372. The van der Waals surface area contributed by atoms with Crippen LogP contribution in [-0.2, 0) is 13.6 Å². The molecule has 17 heavy (non-hydrogen) atoms. The average molecular weight is 241 g/mol. The van der Waals surface area contributed by atoms with E-state index in [4.69, 9.17) is 9.84 Å². The van der Waals surface area contributed by atoms with Gasteiger partial charge in [0.05, 0.1) is 18.4 Å². The fraction of sp³-hybridized carbons (Fsp3) is 0.750. The third-order valence-corrected chi connectivity index (χ3v) is 2.82. The van der Waals surface area contributed by atoms with Crippen molar-refractivity contribution in [1.82, 2.24) is 15.1 Å². The second kappa shape index (κ2) is 5.51. The summed E-state index contributed by atoms with van der Waals surface area (Å²) in [5, 5.41) is 16.8. The molecular weight excluding hydrogens is 218 g/mol. The molecule has 1 rings (SSSR count). The lowest BCUT2D eigenvalue weighted by molar-refractivity contribution is 0.156. The van der Waals surface area contributed by atoms with Crippen LogP contribution in [0.15, 0.2) is 0 Å². The summed E-state index contributed by atoms with van der Waals surface area (Å²) in [7, 11) is 3.52. The Morgan fingerprint density at radius 3 is 2.65 bits per heavy atom. The summed E-state index contributed by atoms with van der Waals surface area (Å²) in [5.74, 6) is 0.789. The first-order chi connectivity index (χ1) is 7.91. The molecule has 1 heterocycles. The van der Waals surface area contributed by atoms with Gasteiger partial charge in [0.1, 0.15) is 0 Å². The number of rotatable bonds is 6. The molecule has 98 valence electrons. The van der Waals surface area contributed by atoms with Crippen molar-refractivity contribution in [3.8, 4) is 5.88 Å². The molecule has 0 saturated carbocycles. The zero-order valence-corrected chi connectivity index (χ0v) is 11.4. The Kier molecular flexibility index (Phi) is 4.54. The molecule has 5 nitrogen and oxygen atoms in total. The summed E-state index contributed by atoms with van der Waals surface area (Å²) in [6, 6.07) is 0. The van der Waals surface area contributed by atoms with Gasteiger partial charge in [-0.1, -0.05) is 13.8 Å². The lowest BCUT2D eigenvalue weighted by Crippen LogP contribution is -2.32. The minimum absolute atomic E-state index is 0.108. The van der Waals surface area contributed by atoms with E-state index in [0.29, 0.717) is 6.54 Å². The van der Waals surface area contributed by atoms with Gasteiger partial charge >= 0.3 is 0 Å². The van der Waals surface area contributed by atoms with E-state index in [9.17, 15) is 0 Å². The molecule has 0 bridgehead atoms. The van der Waals surface area contributed by atoms with Crippen molar-refractivity contribution >= 4 is 0 Å². The Labute approximate surface area is 103 Å². The standard InChI is InChI=1S/C12H23N3O2/c1-9-10(11(17-5)15(4)14-9)6-13-7-12(2,3)8-16/h13,16H,6-8H2,1-5H3. The third-order valence-electron chi connectivity index (χ3n) is 2.82. The van der Waals surface area contributed by atoms with Crippen LogP contribution < -0.4 is 10.1 Å². The van der Waals surface area contributed by atoms with Crippen molar-refractivity contribution in [3.63, 3.8) is 0 Å². The highest BCUT2D eigenvalue weighted by atomic mass is 16.5. The molecule has 0 atom stereocenters. The Morgan fingerprint density at radius 1 is 1.47 bits per heavy atom. The van der Waals surface area contributed by atoms with Gasteiger partial charge in [-0.3, -0.25) is 0 Å². The maximum atomic E-state index is 9.17. The molecule has 1 aromatic rings. The molecule has 0 saturated heterocycles. The largest absolute Gasteiger partial charge is 0.481 e. The average Bonchev–Trinajstić information content (AvgIpc) is 2.53. The lowest BCUT2D eigenvalue weighted by Gasteiger charge is -2.21. The van der Waals surface area contributed by atoms with Crippen LogP contribution in [0.2, 0.25) is 0 Å². The minimum atomic E-state index is -0.108. The number of nitrogens with one attached hydrogen (secondary N) is 1. The van der Waals surface area contributed by atoms with Crippen molar-refractivity contribution in [3.05, 3.63) is 11.3 Å². The van der Waals surface area contributed by atoms with Crippen LogP contribution in [-0.4, -0.2) is 35.1 Å². The molecular formula is C12H23N3O2. The molecule has 0 aliphatic rings. The number of methoxy groups -OCH3 is 1. The van der Waals surface area contributed by atoms with Crippen molar-refractivity contribution in [2.24, 2.45) is 12.5 Å². The first-order valence-electron chi connectivity index (χ1n) is 5.79. The van der Waals surface area contributed by atoms with Crippen molar-refractivity contribution in [2.45, 2.75) is 27.3 Å². The highest BCUT2D eigenvalue weighted by molar-refractivity contribution is 5.30. The molecule has 0 aliphatic carbocycles.